The molecule has 20 heavy (non-hydrogen) atoms. The van der Waals surface area contributed by atoms with E-state index in [9.17, 15) is 4.79 Å². The number of rotatable bonds is 3. The van der Waals surface area contributed by atoms with Gasteiger partial charge in [0.15, 0.2) is 5.82 Å². The standard InChI is InChI=1S/C15H17N3O2/c1-4-12-16-14(20-17-12)10-6-9(3)13-11(7-10)8-18(5-2)15(13)19/h6-7H,4-5,8H2,1-3H3. The monoisotopic (exact) mass is 271 g/mol. The van der Waals surface area contributed by atoms with Crippen molar-refractivity contribution < 1.29 is 9.32 Å². The molecule has 3 rings (SSSR count). The molecule has 104 valence electrons. The Labute approximate surface area is 117 Å². The van der Waals surface area contributed by atoms with E-state index in [2.05, 4.69) is 10.1 Å². The number of carbonyl (C=O) groups excluding carboxylic acids is 1. The zero-order chi connectivity index (χ0) is 14.3. The molecule has 2 heterocycles. The fourth-order valence-corrected chi connectivity index (χ4v) is 2.62. The molecule has 1 aromatic heterocycles. The van der Waals surface area contributed by atoms with E-state index >= 15 is 0 Å². The second kappa shape index (κ2) is 4.74. The third-order valence-electron chi connectivity index (χ3n) is 3.69. The first-order valence-electron chi connectivity index (χ1n) is 6.89. The Morgan fingerprint density at radius 1 is 1.35 bits per heavy atom. The summed E-state index contributed by atoms with van der Waals surface area (Å²) < 4.78 is 5.28. The molecule has 1 aromatic carbocycles. The van der Waals surface area contributed by atoms with Crippen molar-refractivity contribution in [2.45, 2.75) is 33.7 Å². The molecule has 5 nitrogen and oxygen atoms in total. The van der Waals surface area contributed by atoms with Crippen molar-refractivity contribution >= 4 is 5.91 Å². The van der Waals surface area contributed by atoms with E-state index in [1.54, 1.807) is 0 Å². The molecular weight excluding hydrogens is 254 g/mol. The molecule has 1 aliphatic heterocycles. The minimum atomic E-state index is 0.117. The Morgan fingerprint density at radius 3 is 2.80 bits per heavy atom. The molecule has 1 aliphatic rings. The number of benzene rings is 1. The zero-order valence-electron chi connectivity index (χ0n) is 11.9. The van der Waals surface area contributed by atoms with Crippen LogP contribution in [-0.4, -0.2) is 27.5 Å². The van der Waals surface area contributed by atoms with Gasteiger partial charge < -0.3 is 9.42 Å². The quantitative estimate of drug-likeness (QED) is 0.861. The third-order valence-corrected chi connectivity index (χ3v) is 3.69. The van der Waals surface area contributed by atoms with Gasteiger partial charge in [-0.25, -0.2) is 0 Å². The van der Waals surface area contributed by atoms with E-state index in [1.165, 1.54) is 0 Å². The van der Waals surface area contributed by atoms with Crippen LogP contribution in [0, 0.1) is 6.92 Å². The Morgan fingerprint density at radius 2 is 2.15 bits per heavy atom. The molecule has 0 radical (unpaired) electrons. The van der Waals surface area contributed by atoms with Crippen molar-refractivity contribution in [2.75, 3.05) is 6.54 Å². The van der Waals surface area contributed by atoms with Crippen LogP contribution in [-0.2, 0) is 13.0 Å². The van der Waals surface area contributed by atoms with Crippen molar-refractivity contribution in [3.8, 4) is 11.5 Å². The summed E-state index contributed by atoms with van der Waals surface area (Å²) in [6, 6.07) is 3.94. The number of aryl methyl sites for hydroxylation is 2. The average molecular weight is 271 g/mol. The summed E-state index contributed by atoms with van der Waals surface area (Å²) in [5.41, 5.74) is 3.72. The molecule has 1 amide bonds. The Balaban J connectivity index is 2.05. The molecular formula is C15H17N3O2. The lowest BCUT2D eigenvalue weighted by atomic mass is 10.0. The minimum absolute atomic E-state index is 0.117. The van der Waals surface area contributed by atoms with E-state index in [-0.39, 0.29) is 5.91 Å². The van der Waals surface area contributed by atoms with Gasteiger partial charge in [-0.2, -0.15) is 4.98 Å². The lowest BCUT2D eigenvalue weighted by molar-refractivity contribution is 0.0786. The lowest BCUT2D eigenvalue weighted by Gasteiger charge is -2.11. The van der Waals surface area contributed by atoms with E-state index in [4.69, 9.17) is 4.52 Å². The SMILES string of the molecule is CCc1noc(-c2cc(C)c3c(c2)CN(CC)C3=O)n1. The average Bonchev–Trinajstić information content (AvgIpc) is 3.03. The molecule has 0 saturated heterocycles. The maximum absolute atomic E-state index is 12.2. The van der Waals surface area contributed by atoms with Crippen molar-refractivity contribution in [1.82, 2.24) is 15.0 Å². The van der Waals surface area contributed by atoms with E-state index in [1.807, 2.05) is 37.8 Å². The summed E-state index contributed by atoms with van der Waals surface area (Å²) in [5, 5.41) is 3.92. The minimum Gasteiger partial charge on any atom is -0.335 e. The number of carbonyl (C=O) groups is 1. The highest BCUT2D eigenvalue weighted by Gasteiger charge is 2.28. The second-order valence-corrected chi connectivity index (χ2v) is 5.02. The highest BCUT2D eigenvalue weighted by molar-refractivity contribution is 6.00. The highest BCUT2D eigenvalue weighted by atomic mass is 16.5. The molecule has 0 saturated carbocycles. The smallest absolute Gasteiger partial charge is 0.257 e. The molecule has 0 aliphatic carbocycles. The number of aromatic nitrogens is 2. The van der Waals surface area contributed by atoms with Crippen LogP contribution in [0.1, 0.15) is 41.2 Å². The van der Waals surface area contributed by atoms with Crippen molar-refractivity contribution in [2.24, 2.45) is 0 Å². The molecule has 2 aromatic rings. The van der Waals surface area contributed by atoms with Crippen molar-refractivity contribution in [3.05, 3.63) is 34.6 Å². The molecule has 0 unspecified atom stereocenters. The number of nitrogens with zero attached hydrogens (tertiary/aromatic N) is 3. The van der Waals surface area contributed by atoms with Gasteiger partial charge in [-0.05, 0) is 37.1 Å². The molecule has 0 fully saturated rings. The van der Waals surface area contributed by atoms with Crippen LogP contribution in [0.2, 0.25) is 0 Å². The van der Waals surface area contributed by atoms with Gasteiger partial charge in [-0.3, -0.25) is 4.79 Å². The van der Waals surface area contributed by atoms with Crippen LogP contribution < -0.4 is 0 Å². The van der Waals surface area contributed by atoms with Crippen LogP contribution in [0.25, 0.3) is 11.5 Å². The van der Waals surface area contributed by atoms with Gasteiger partial charge in [0.25, 0.3) is 11.8 Å². The Bertz CT molecular complexity index is 676. The van der Waals surface area contributed by atoms with E-state index < -0.39 is 0 Å². The first-order valence-corrected chi connectivity index (χ1v) is 6.89. The fourth-order valence-electron chi connectivity index (χ4n) is 2.62. The van der Waals surface area contributed by atoms with Crippen molar-refractivity contribution in [3.63, 3.8) is 0 Å². The van der Waals surface area contributed by atoms with Gasteiger partial charge in [-0.15, -0.1) is 0 Å². The Hall–Kier alpha value is -2.17. The first-order chi connectivity index (χ1) is 9.63. The molecule has 0 bridgehead atoms. The largest absolute Gasteiger partial charge is 0.335 e. The summed E-state index contributed by atoms with van der Waals surface area (Å²) in [6.07, 6.45) is 0.746. The van der Waals surface area contributed by atoms with Gasteiger partial charge in [0, 0.05) is 30.6 Å². The van der Waals surface area contributed by atoms with Gasteiger partial charge >= 0.3 is 0 Å². The first kappa shape index (κ1) is 12.8. The van der Waals surface area contributed by atoms with Crippen LogP contribution in [0.15, 0.2) is 16.7 Å². The van der Waals surface area contributed by atoms with Crippen molar-refractivity contribution in [1.29, 1.82) is 0 Å². The molecule has 0 spiro atoms. The highest BCUT2D eigenvalue weighted by Crippen LogP contribution is 2.30. The van der Waals surface area contributed by atoms with E-state index in [0.717, 1.165) is 35.2 Å². The molecule has 0 N–H and O–H groups in total. The fraction of sp³-hybridized carbons (Fsp3) is 0.400. The predicted molar refractivity (Wildman–Crippen MR) is 74.3 cm³/mol. The number of hydrogen-bond acceptors (Lipinski definition) is 4. The van der Waals surface area contributed by atoms with Gasteiger partial charge in [-0.1, -0.05) is 12.1 Å². The molecule has 5 heteroatoms. The summed E-state index contributed by atoms with van der Waals surface area (Å²) in [4.78, 5) is 18.4. The maximum Gasteiger partial charge on any atom is 0.257 e. The van der Waals surface area contributed by atoms with Gasteiger partial charge in [0.05, 0.1) is 0 Å². The third kappa shape index (κ3) is 1.90. The summed E-state index contributed by atoms with van der Waals surface area (Å²) in [6.45, 7) is 7.32. The maximum atomic E-state index is 12.2. The number of hydrogen-bond donors (Lipinski definition) is 0. The topological polar surface area (TPSA) is 59.2 Å². The predicted octanol–water partition coefficient (Wildman–Crippen LogP) is 2.58. The molecule has 0 atom stereocenters. The zero-order valence-corrected chi connectivity index (χ0v) is 11.9. The van der Waals surface area contributed by atoms with Crippen LogP contribution >= 0.6 is 0 Å². The summed E-state index contributed by atoms with van der Waals surface area (Å²) in [5.74, 6) is 1.34. The number of amides is 1. The second-order valence-electron chi connectivity index (χ2n) is 5.02. The Kier molecular flexibility index (Phi) is 3.04. The van der Waals surface area contributed by atoms with Crippen LogP contribution in [0.5, 0.6) is 0 Å². The van der Waals surface area contributed by atoms with E-state index in [0.29, 0.717) is 18.3 Å². The van der Waals surface area contributed by atoms with Crippen LogP contribution in [0.4, 0.5) is 0 Å². The van der Waals surface area contributed by atoms with Crippen LogP contribution in [0.3, 0.4) is 0 Å². The normalized spacial score (nSPS) is 13.9. The van der Waals surface area contributed by atoms with Gasteiger partial charge in [0.2, 0.25) is 0 Å². The summed E-state index contributed by atoms with van der Waals surface area (Å²) in [7, 11) is 0. The lowest BCUT2D eigenvalue weighted by Crippen LogP contribution is -2.23. The van der Waals surface area contributed by atoms with Gasteiger partial charge in [0.1, 0.15) is 0 Å². The summed E-state index contributed by atoms with van der Waals surface area (Å²) >= 11 is 0. The number of fused-ring (bicyclic) bond motifs is 1.